The zero-order valence-electron chi connectivity index (χ0n) is 16.3. The summed E-state index contributed by atoms with van der Waals surface area (Å²) in [5.74, 6) is -6.06. The van der Waals surface area contributed by atoms with Crippen LogP contribution in [0.15, 0.2) is 0 Å². The van der Waals surface area contributed by atoms with Crippen molar-refractivity contribution in [2.45, 2.75) is 56.8 Å². The Hall–Kier alpha value is -3.26. The van der Waals surface area contributed by atoms with Gasteiger partial charge >= 0.3 is 11.9 Å². The van der Waals surface area contributed by atoms with Crippen molar-refractivity contribution in [3.63, 3.8) is 0 Å². The molecule has 4 atom stereocenters. The zero-order chi connectivity index (χ0) is 23.4. The lowest BCUT2D eigenvalue weighted by Crippen LogP contribution is -2.56. The van der Waals surface area contributed by atoms with Crippen LogP contribution in [-0.4, -0.2) is 81.7 Å². The first-order chi connectivity index (χ1) is 13.8. The Labute approximate surface area is 171 Å². The van der Waals surface area contributed by atoms with Crippen molar-refractivity contribution in [1.82, 2.24) is 16.0 Å². The summed E-state index contributed by atoms with van der Waals surface area (Å²) < 4.78 is 0. The average molecular weight is 433 g/mol. The molecule has 14 nitrogen and oxygen atoms in total. The minimum absolute atomic E-state index is 0.150. The summed E-state index contributed by atoms with van der Waals surface area (Å²) in [4.78, 5) is 68.6. The Morgan fingerprint density at radius 1 is 0.933 bits per heavy atom. The molecule has 0 spiro atoms. The van der Waals surface area contributed by atoms with Gasteiger partial charge in [-0.05, 0) is 19.8 Å². The van der Waals surface area contributed by atoms with Crippen molar-refractivity contribution in [2.75, 3.05) is 6.54 Å². The van der Waals surface area contributed by atoms with Crippen molar-refractivity contribution in [2.24, 2.45) is 11.5 Å². The van der Waals surface area contributed by atoms with Crippen LogP contribution in [0.1, 0.15) is 32.6 Å². The molecule has 0 fully saturated rings. The number of carbonyl (C=O) groups is 6. The Kier molecular flexibility index (Phi) is 11.6. The van der Waals surface area contributed by atoms with E-state index in [1.54, 1.807) is 0 Å². The van der Waals surface area contributed by atoms with Gasteiger partial charge in [-0.15, -0.1) is 0 Å². The highest BCUT2D eigenvalue weighted by atomic mass is 16.4. The molecule has 0 aromatic rings. The third-order valence-corrected chi connectivity index (χ3v) is 3.81. The summed E-state index contributed by atoms with van der Waals surface area (Å²) in [5, 5.41) is 33.4. The maximum Gasteiger partial charge on any atom is 0.328 e. The van der Waals surface area contributed by atoms with Gasteiger partial charge in [0, 0.05) is 12.8 Å². The average Bonchev–Trinajstić information content (AvgIpc) is 2.64. The molecule has 0 saturated carbocycles. The third-order valence-electron chi connectivity index (χ3n) is 3.81. The fourth-order valence-corrected chi connectivity index (χ4v) is 2.15. The molecule has 0 aromatic carbocycles. The minimum atomic E-state index is -1.66. The molecule has 0 saturated heterocycles. The molecule has 0 aliphatic rings. The summed E-state index contributed by atoms with van der Waals surface area (Å²) in [6.07, 6.45) is -2.50. The lowest BCUT2D eigenvalue weighted by molar-refractivity contribution is -0.145. The number of nitrogens with two attached hydrogens (primary N) is 2. The van der Waals surface area contributed by atoms with Gasteiger partial charge in [0.2, 0.25) is 23.6 Å². The number of aliphatic carboxylic acids is 2. The summed E-state index contributed by atoms with van der Waals surface area (Å²) in [5.41, 5.74) is 10.5. The molecule has 0 bridgehead atoms. The van der Waals surface area contributed by atoms with E-state index in [0.717, 1.165) is 6.92 Å². The SMILES string of the molecule is CC(O)C(NC(=O)C(CCC(N)=O)NC(=O)CNC(=O)C(N)CCC(=O)O)C(=O)O. The number of amides is 4. The van der Waals surface area contributed by atoms with Crippen LogP contribution >= 0.6 is 0 Å². The molecule has 0 aromatic heterocycles. The quantitative estimate of drug-likeness (QED) is 0.132. The number of aliphatic hydroxyl groups is 1. The highest BCUT2D eigenvalue weighted by Gasteiger charge is 2.29. The van der Waals surface area contributed by atoms with Crippen LogP contribution < -0.4 is 27.4 Å². The van der Waals surface area contributed by atoms with E-state index in [2.05, 4.69) is 10.6 Å². The van der Waals surface area contributed by atoms with E-state index in [1.165, 1.54) is 0 Å². The van der Waals surface area contributed by atoms with Gasteiger partial charge in [0.15, 0.2) is 6.04 Å². The number of primary amides is 1. The minimum Gasteiger partial charge on any atom is -0.481 e. The molecule has 170 valence electrons. The third kappa shape index (κ3) is 10.9. The zero-order valence-corrected chi connectivity index (χ0v) is 16.3. The predicted octanol–water partition coefficient (Wildman–Crippen LogP) is -4.00. The van der Waals surface area contributed by atoms with E-state index < -0.39 is 66.3 Å². The van der Waals surface area contributed by atoms with Crippen LogP contribution in [0.25, 0.3) is 0 Å². The van der Waals surface area contributed by atoms with Crippen LogP contribution in [0.3, 0.4) is 0 Å². The Bertz CT molecular complexity index is 667. The first-order valence-electron chi connectivity index (χ1n) is 8.89. The largest absolute Gasteiger partial charge is 0.481 e. The van der Waals surface area contributed by atoms with Crippen LogP contribution in [0.5, 0.6) is 0 Å². The van der Waals surface area contributed by atoms with Crippen molar-refractivity contribution in [3.05, 3.63) is 0 Å². The molecular formula is C16H27N5O9. The highest BCUT2D eigenvalue weighted by molar-refractivity contribution is 5.93. The van der Waals surface area contributed by atoms with Crippen LogP contribution in [-0.2, 0) is 28.8 Å². The number of aliphatic hydroxyl groups excluding tert-OH is 1. The van der Waals surface area contributed by atoms with Crippen molar-refractivity contribution in [1.29, 1.82) is 0 Å². The predicted molar refractivity (Wildman–Crippen MR) is 99.5 cm³/mol. The lowest BCUT2D eigenvalue weighted by atomic mass is 10.1. The molecule has 30 heavy (non-hydrogen) atoms. The number of carbonyl (C=O) groups excluding carboxylic acids is 4. The van der Waals surface area contributed by atoms with E-state index in [4.69, 9.17) is 21.7 Å². The number of carboxylic acid groups (broad SMARTS) is 2. The Morgan fingerprint density at radius 3 is 2.00 bits per heavy atom. The van der Waals surface area contributed by atoms with Crippen molar-refractivity contribution >= 4 is 35.6 Å². The van der Waals surface area contributed by atoms with E-state index in [-0.39, 0.29) is 25.7 Å². The van der Waals surface area contributed by atoms with Gasteiger partial charge in [-0.25, -0.2) is 4.79 Å². The van der Waals surface area contributed by atoms with E-state index >= 15 is 0 Å². The summed E-state index contributed by atoms with van der Waals surface area (Å²) >= 11 is 0. The second-order valence-corrected chi connectivity index (χ2v) is 6.45. The summed E-state index contributed by atoms with van der Waals surface area (Å²) in [6, 6.07) is -4.19. The van der Waals surface area contributed by atoms with E-state index in [9.17, 15) is 33.9 Å². The maximum absolute atomic E-state index is 12.3. The van der Waals surface area contributed by atoms with Gasteiger partial charge in [-0.1, -0.05) is 0 Å². The highest BCUT2D eigenvalue weighted by Crippen LogP contribution is 2.01. The fraction of sp³-hybridized carbons (Fsp3) is 0.625. The molecule has 4 amide bonds. The van der Waals surface area contributed by atoms with Crippen LogP contribution in [0.2, 0.25) is 0 Å². The number of hydrogen-bond donors (Lipinski definition) is 8. The molecule has 0 heterocycles. The molecule has 4 unspecified atom stereocenters. The number of nitrogens with one attached hydrogen (secondary N) is 3. The first kappa shape index (κ1) is 26.7. The first-order valence-corrected chi connectivity index (χ1v) is 8.89. The summed E-state index contributed by atoms with van der Waals surface area (Å²) in [7, 11) is 0. The van der Waals surface area contributed by atoms with Gasteiger partial charge in [0.1, 0.15) is 6.04 Å². The molecule has 0 aliphatic carbocycles. The smallest absolute Gasteiger partial charge is 0.328 e. The van der Waals surface area contributed by atoms with Gasteiger partial charge in [-0.2, -0.15) is 0 Å². The van der Waals surface area contributed by atoms with Crippen LogP contribution in [0.4, 0.5) is 0 Å². The Balaban J connectivity index is 4.90. The molecule has 0 aliphatic heterocycles. The topological polar surface area (TPSA) is 251 Å². The Morgan fingerprint density at radius 2 is 1.53 bits per heavy atom. The molecule has 0 radical (unpaired) electrons. The van der Waals surface area contributed by atoms with Gasteiger partial charge in [-0.3, -0.25) is 24.0 Å². The maximum atomic E-state index is 12.3. The van der Waals surface area contributed by atoms with Gasteiger partial charge < -0.3 is 42.7 Å². The molecule has 0 rings (SSSR count). The lowest BCUT2D eigenvalue weighted by Gasteiger charge is -2.22. The summed E-state index contributed by atoms with van der Waals surface area (Å²) in [6.45, 7) is 0.526. The van der Waals surface area contributed by atoms with E-state index in [0.29, 0.717) is 0 Å². The van der Waals surface area contributed by atoms with Gasteiger partial charge in [0.05, 0.1) is 18.7 Å². The molecular weight excluding hydrogens is 406 g/mol. The van der Waals surface area contributed by atoms with Crippen LogP contribution in [0, 0.1) is 0 Å². The standard InChI is InChI=1S/C16H27N5O9/c1-7(22)13(16(29)30)21-15(28)9(3-4-10(18)23)20-11(24)6-19-14(27)8(17)2-5-12(25)26/h7-9,13,22H,2-6,17H2,1H3,(H2,18,23)(H,19,27)(H,20,24)(H,21,28)(H,25,26)(H,29,30). The number of hydrogen-bond acceptors (Lipinski definition) is 8. The monoisotopic (exact) mass is 433 g/mol. The fourth-order valence-electron chi connectivity index (χ4n) is 2.15. The second kappa shape index (κ2) is 13.1. The molecule has 14 heteroatoms. The second-order valence-electron chi connectivity index (χ2n) is 6.45. The van der Waals surface area contributed by atoms with E-state index in [1.807, 2.05) is 5.32 Å². The number of carboxylic acids is 2. The normalized spacial score (nSPS) is 14.5. The van der Waals surface area contributed by atoms with Crippen molar-refractivity contribution < 1.29 is 44.1 Å². The van der Waals surface area contributed by atoms with Gasteiger partial charge in [0.25, 0.3) is 0 Å². The van der Waals surface area contributed by atoms with Crippen molar-refractivity contribution in [3.8, 4) is 0 Å². The molecule has 10 N–H and O–H groups in total. The number of rotatable bonds is 14.